The molecule has 7 heteroatoms. The summed E-state index contributed by atoms with van der Waals surface area (Å²) < 4.78 is 10.8. The van der Waals surface area contributed by atoms with Gasteiger partial charge in [0.25, 0.3) is 0 Å². The molecular weight excluding hydrogens is 380 g/mol. The van der Waals surface area contributed by atoms with Crippen LogP contribution in [-0.4, -0.2) is 24.1 Å². The molecule has 0 bridgehead atoms. The smallest absolute Gasteiger partial charge is 0.407 e. The number of nitrogens with one attached hydrogen (secondary N) is 2. The van der Waals surface area contributed by atoms with E-state index in [9.17, 15) is 9.59 Å². The molecule has 150 valence electrons. The van der Waals surface area contributed by atoms with E-state index in [0.717, 1.165) is 5.56 Å². The molecule has 0 aromatic heterocycles. The van der Waals surface area contributed by atoms with Crippen LogP contribution in [0.15, 0.2) is 48.5 Å². The molecule has 2 aromatic rings. The Morgan fingerprint density at radius 3 is 2.43 bits per heavy atom. The van der Waals surface area contributed by atoms with Crippen LogP contribution < -0.4 is 15.4 Å². The van der Waals surface area contributed by atoms with E-state index in [1.165, 1.54) is 0 Å². The minimum Gasteiger partial charge on any atom is -0.489 e. The standard InChI is InChI=1S/C21H25ClN2O4/c1-21(2,3)28-20(26)23-12-11-19(25)24-17-7-9-18(10-8-17)27-14-15-5-4-6-16(22)13-15/h4-10,13H,11-12,14H2,1-3H3,(H,23,26)(H,24,25). The lowest BCUT2D eigenvalue weighted by Gasteiger charge is -2.19. The van der Waals surface area contributed by atoms with Crippen molar-refractivity contribution in [2.75, 3.05) is 11.9 Å². The van der Waals surface area contributed by atoms with Crippen LogP contribution >= 0.6 is 11.6 Å². The van der Waals surface area contributed by atoms with Gasteiger partial charge in [0, 0.05) is 23.7 Å². The van der Waals surface area contributed by atoms with Crippen molar-refractivity contribution in [3.8, 4) is 5.75 Å². The third-order valence-corrected chi connectivity index (χ3v) is 3.69. The van der Waals surface area contributed by atoms with Gasteiger partial charge in [-0.2, -0.15) is 0 Å². The number of hydrogen-bond donors (Lipinski definition) is 2. The third kappa shape index (κ3) is 8.31. The second kappa shape index (κ2) is 9.99. The van der Waals surface area contributed by atoms with Gasteiger partial charge in [0.15, 0.2) is 0 Å². The minimum absolute atomic E-state index is 0.145. The molecular formula is C21H25ClN2O4. The first-order valence-electron chi connectivity index (χ1n) is 8.95. The summed E-state index contributed by atoms with van der Waals surface area (Å²) in [5, 5.41) is 5.99. The van der Waals surface area contributed by atoms with Crippen molar-refractivity contribution in [1.82, 2.24) is 5.32 Å². The summed E-state index contributed by atoms with van der Waals surface area (Å²) >= 11 is 5.95. The number of halogens is 1. The number of amides is 2. The van der Waals surface area contributed by atoms with Crippen LogP contribution in [0.1, 0.15) is 32.8 Å². The molecule has 0 aliphatic rings. The van der Waals surface area contributed by atoms with Crippen molar-refractivity contribution < 1.29 is 19.1 Å². The fourth-order valence-electron chi connectivity index (χ4n) is 2.24. The highest BCUT2D eigenvalue weighted by molar-refractivity contribution is 6.30. The van der Waals surface area contributed by atoms with Crippen LogP contribution in [0, 0.1) is 0 Å². The number of carbonyl (C=O) groups is 2. The largest absolute Gasteiger partial charge is 0.489 e. The molecule has 28 heavy (non-hydrogen) atoms. The van der Waals surface area contributed by atoms with Crippen molar-refractivity contribution in [3.05, 3.63) is 59.1 Å². The van der Waals surface area contributed by atoms with E-state index in [1.54, 1.807) is 45.0 Å². The summed E-state index contributed by atoms with van der Waals surface area (Å²) in [5.41, 5.74) is 1.06. The first-order chi connectivity index (χ1) is 13.2. The minimum atomic E-state index is -0.567. The average Bonchev–Trinajstić information content (AvgIpc) is 2.59. The number of rotatable bonds is 7. The Morgan fingerprint density at radius 1 is 1.07 bits per heavy atom. The van der Waals surface area contributed by atoms with Crippen molar-refractivity contribution in [1.29, 1.82) is 0 Å². The molecule has 0 radical (unpaired) electrons. The first-order valence-corrected chi connectivity index (χ1v) is 9.33. The molecule has 0 fully saturated rings. The topological polar surface area (TPSA) is 76.7 Å². The van der Waals surface area contributed by atoms with Crippen LogP contribution in [0.25, 0.3) is 0 Å². The summed E-state index contributed by atoms with van der Waals surface area (Å²) in [6.45, 7) is 5.94. The Hall–Kier alpha value is -2.73. The SMILES string of the molecule is CC(C)(C)OC(=O)NCCC(=O)Nc1ccc(OCc2cccc(Cl)c2)cc1. The van der Waals surface area contributed by atoms with Crippen LogP contribution in [-0.2, 0) is 16.1 Å². The van der Waals surface area contributed by atoms with Gasteiger partial charge >= 0.3 is 6.09 Å². The number of anilines is 1. The average molecular weight is 405 g/mol. The maximum absolute atomic E-state index is 12.0. The highest BCUT2D eigenvalue weighted by Gasteiger charge is 2.15. The lowest BCUT2D eigenvalue weighted by Crippen LogP contribution is -2.34. The molecule has 2 aromatic carbocycles. The highest BCUT2D eigenvalue weighted by Crippen LogP contribution is 2.18. The van der Waals surface area contributed by atoms with E-state index < -0.39 is 11.7 Å². The summed E-state index contributed by atoms with van der Waals surface area (Å²) in [5.74, 6) is 0.480. The number of hydrogen-bond acceptors (Lipinski definition) is 4. The second-order valence-electron chi connectivity index (χ2n) is 7.17. The molecule has 0 spiro atoms. The van der Waals surface area contributed by atoms with Crippen molar-refractivity contribution >= 4 is 29.3 Å². The zero-order chi connectivity index (χ0) is 20.6. The zero-order valence-electron chi connectivity index (χ0n) is 16.3. The Kier molecular flexibility index (Phi) is 7.70. The molecule has 2 rings (SSSR count). The Bertz CT molecular complexity index is 801. The molecule has 0 saturated heterocycles. The number of ether oxygens (including phenoxy) is 2. The summed E-state index contributed by atoms with van der Waals surface area (Å²) in [6.07, 6.45) is -0.395. The number of alkyl carbamates (subject to hydrolysis) is 1. The summed E-state index contributed by atoms with van der Waals surface area (Å²) in [7, 11) is 0. The molecule has 0 atom stereocenters. The third-order valence-electron chi connectivity index (χ3n) is 3.45. The van der Waals surface area contributed by atoms with E-state index in [2.05, 4.69) is 10.6 Å². The predicted molar refractivity (Wildman–Crippen MR) is 110 cm³/mol. The van der Waals surface area contributed by atoms with Gasteiger partial charge in [-0.3, -0.25) is 4.79 Å². The Balaban J connectivity index is 1.72. The van der Waals surface area contributed by atoms with E-state index in [1.807, 2.05) is 24.3 Å². The number of carbonyl (C=O) groups excluding carboxylic acids is 2. The van der Waals surface area contributed by atoms with E-state index in [0.29, 0.717) is 23.1 Å². The summed E-state index contributed by atoms with van der Waals surface area (Å²) in [6, 6.07) is 14.5. The van der Waals surface area contributed by atoms with Gasteiger partial charge in [0.1, 0.15) is 18.0 Å². The molecule has 6 nitrogen and oxygen atoms in total. The summed E-state index contributed by atoms with van der Waals surface area (Å²) in [4.78, 5) is 23.5. The van der Waals surface area contributed by atoms with Crippen LogP contribution in [0.4, 0.5) is 10.5 Å². The van der Waals surface area contributed by atoms with Gasteiger partial charge in [-0.05, 0) is 62.7 Å². The Labute approximate surface area is 170 Å². The molecule has 0 unspecified atom stereocenters. The zero-order valence-corrected chi connectivity index (χ0v) is 17.0. The van der Waals surface area contributed by atoms with Gasteiger partial charge in [-0.15, -0.1) is 0 Å². The highest BCUT2D eigenvalue weighted by atomic mass is 35.5. The van der Waals surface area contributed by atoms with E-state index >= 15 is 0 Å². The monoisotopic (exact) mass is 404 g/mol. The van der Waals surface area contributed by atoms with Gasteiger partial charge in [0.05, 0.1) is 0 Å². The fourth-order valence-corrected chi connectivity index (χ4v) is 2.46. The normalized spacial score (nSPS) is 10.9. The number of benzene rings is 2. The molecule has 2 amide bonds. The van der Waals surface area contributed by atoms with E-state index in [-0.39, 0.29) is 18.9 Å². The molecule has 0 aliphatic heterocycles. The van der Waals surface area contributed by atoms with Gasteiger partial charge in [-0.1, -0.05) is 23.7 Å². The predicted octanol–water partition coefficient (Wildman–Crippen LogP) is 4.77. The van der Waals surface area contributed by atoms with E-state index in [4.69, 9.17) is 21.1 Å². The van der Waals surface area contributed by atoms with Gasteiger partial charge < -0.3 is 20.1 Å². The molecule has 0 heterocycles. The lowest BCUT2D eigenvalue weighted by molar-refractivity contribution is -0.116. The molecule has 0 aliphatic carbocycles. The lowest BCUT2D eigenvalue weighted by atomic mass is 10.2. The van der Waals surface area contributed by atoms with Crippen molar-refractivity contribution in [2.45, 2.75) is 39.4 Å². The fraction of sp³-hybridized carbons (Fsp3) is 0.333. The van der Waals surface area contributed by atoms with Gasteiger partial charge in [0.2, 0.25) is 5.91 Å². The van der Waals surface area contributed by atoms with Crippen LogP contribution in [0.3, 0.4) is 0 Å². The second-order valence-corrected chi connectivity index (χ2v) is 7.61. The molecule has 2 N–H and O–H groups in total. The maximum Gasteiger partial charge on any atom is 0.407 e. The van der Waals surface area contributed by atoms with Gasteiger partial charge in [-0.25, -0.2) is 4.79 Å². The quantitative estimate of drug-likeness (QED) is 0.696. The molecule has 0 saturated carbocycles. The first kappa shape index (κ1) is 21.6. The van der Waals surface area contributed by atoms with Crippen molar-refractivity contribution in [3.63, 3.8) is 0 Å². The van der Waals surface area contributed by atoms with Crippen molar-refractivity contribution in [2.24, 2.45) is 0 Å². The van der Waals surface area contributed by atoms with Crippen LogP contribution in [0.2, 0.25) is 5.02 Å². The van der Waals surface area contributed by atoms with Crippen LogP contribution in [0.5, 0.6) is 5.75 Å². The maximum atomic E-state index is 12.0. The Morgan fingerprint density at radius 2 is 1.79 bits per heavy atom.